The van der Waals surface area contributed by atoms with Crippen LogP contribution in [0.15, 0.2) is 36.8 Å². The molecule has 0 saturated heterocycles. The first-order chi connectivity index (χ1) is 7.79. The van der Waals surface area contributed by atoms with Gasteiger partial charge in [0.05, 0.1) is 0 Å². The Bertz CT molecular complexity index is 417. The Kier molecular flexibility index (Phi) is 3.34. The van der Waals surface area contributed by atoms with Crippen molar-refractivity contribution >= 4 is 0 Å². The molecule has 84 valence electrons. The van der Waals surface area contributed by atoms with Gasteiger partial charge in [0, 0.05) is 18.6 Å². The summed E-state index contributed by atoms with van der Waals surface area (Å²) < 4.78 is 1.77. The zero-order valence-electron chi connectivity index (χ0n) is 9.80. The van der Waals surface area contributed by atoms with Crippen molar-refractivity contribution in [1.29, 1.82) is 0 Å². The molecule has 2 aromatic heterocycles. The highest BCUT2D eigenvalue weighted by atomic mass is 15.3. The van der Waals surface area contributed by atoms with Crippen LogP contribution in [-0.4, -0.2) is 14.8 Å². The summed E-state index contributed by atoms with van der Waals surface area (Å²) in [6.07, 6.45) is 7.92. The fourth-order valence-corrected chi connectivity index (χ4v) is 1.62. The molecule has 0 saturated carbocycles. The van der Waals surface area contributed by atoms with E-state index in [2.05, 4.69) is 30.0 Å². The van der Waals surface area contributed by atoms with E-state index in [0.717, 1.165) is 18.2 Å². The van der Waals surface area contributed by atoms with Gasteiger partial charge in [0.2, 0.25) is 0 Å². The van der Waals surface area contributed by atoms with E-state index in [1.54, 1.807) is 10.9 Å². The quantitative estimate of drug-likeness (QED) is 0.785. The van der Waals surface area contributed by atoms with Gasteiger partial charge in [0.25, 0.3) is 0 Å². The molecule has 0 N–H and O–H groups in total. The van der Waals surface area contributed by atoms with Crippen LogP contribution in [0.1, 0.15) is 25.8 Å². The van der Waals surface area contributed by atoms with Crippen LogP contribution in [0.2, 0.25) is 0 Å². The SMILES string of the molecule is CCC(C)Cc1ccc(-n2cccn2)nc1. The van der Waals surface area contributed by atoms with Gasteiger partial charge in [-0.2, -0.15) is 5.10 Å². The number of nitrogens with zero attached hydrogens (tertiary/aromatic N) is 3. The third-order valence-electron chi connectivity index (χ3n) is 2.83. The molecule has 0 amide bonds. The van der Waals surface area contributed by atoms with Gasteiger partial charge in [-0.25, -0.2) is 9.67 Å². The van der Waals surface area contributed by atoms with Crippen LogP contribution in [0.4, 0.5) is 0 Å². The number of rotatable bonds is 4. The summed E-state index contributed by atoms with van der Waals surface area (Å²) in [6.45, 7) is 4.48. The molecule has 3 nitrogen and oxygen atoms in total. The lowest BCUT2D eigenvalue weighted by atomic mass is 10.0. The maximum atomic E-state index is 4.41. The molecule has 0 aliphatic heterocycles. The zero-order chi connectivity index (χ0) is 11.4. The van der Waals surface area contributed by atoms with E-state index in [4.69, 9.17) is 0 Å². The van der Waals surface area contributed by atoms with Crippen LogP contribution < -0.4 is 0 Å². The Hall–Kier alpha value is -1.64. The summed E-state index contributed by atoms with van der Waals surface area (Å²) in [4.78, 5) is 4.41. The Morgan fingerprint density at radius 1 is 1.38 bits per heavy atom. The second-order valence-corrected chi connectivity index (χ2v) is 4.19. The smallest absolute Gasteiger partial charge is 0.153 e. The largest absolute Gasteiger partial charge is 0.237 e. The van der Waals surface area contributed by atoms with Crippen molar-refractivity contribution in [3.05, 3.63) is 42.4 Å². The third-order valence-corrected chi connectivity index (χ3v) is 2.83. The summed E-state index contributed by atoms with van der Waals surface area (Å²) in [5.41, 5.74) is 1.30. The highest BCUT2D eigenvalue weighted by molar-refractivity contribution is 5.24. The Morgan fingerprint density at radius 2 is 2.25 bits per heavy atom. The van der Waals surface area contributed by atoms with Crippen LogP contribution >= 0.6 is 0 Å². The topological polar surface area (TPSA) is 30.7 Å². The molecule has 2 rings (SSSR count). The van der Waals surface area contributed by atoms with Gasteiger partial charge in [-0.1, -0.05) is 26.3 Å². The highest BCUT2D eigenvalue weighted by Crippen LogP contribution is 2.11. The lowest BCUT2D eigenvalue weighted by Crippen LogP contribution is -2.01. The minimum Gasteiger partial charge on any atom is -0.237 e. The van der Waals surface area contributed by atoms with Gasteiger partial charge in [0.15, 0.2) is 5.82 Å². The van der Waals surface area contributed by atoms with Crippen LogP contribution in [0.3, 0.4) is 0 Å². The lowest BCUT2D eigenvalue weighted by Gasteiger charge is -2.08. The second-order valence-electron chi connectivity index (χ2n) is 4.19. The molecule has 16 heavy (non-hydrogen) atoms. The molecule has 0 aromatic carbocycles. The second kappa shape index (κ2) is 4.92. The van der Waals surface area contributed by atoms with Crippen molar-refractivity contribution in [2.75, 3.05) is 0 Å². The number of hydrogen-bond acceptors (Lipinski definition) is 2. The number of hydrogen-bond donors (Lipinski definition) is 0. The van der Waals surface area contributed by atoms with Crippen molar-refractivity contribution < 1.29 is 0 Å². The monoisotopic (exact) mass is 215 g/mol. The standard InChI is InChI=1S/C13H17N3/c1-3-11(2)9-12-5-6-13(14-10-12)16-8-4-7-15-16/h4-8,10-11H,3,9H2,1-2H3. The maximum absolute atomic E-state index is 4.41. The molecular formula is C13H17N3. The molecule has 2 heterocycles. The molecule has 0 radical (unpaired) electrons. The molecule has 2 aromatic rings. The number of pyridine rings is 1. The van der Waals surface area contributed by atoms with Crippen LogP contribution in [0.25, 0.3) is 5.82 Å². The summed E-state index contributed by atoms with van der Waals surface area (Å²) in [5, 5.41) is 4.15. The summed E-state index contributed by atoms with van der Waals surface area (Å²) in [6, 6.07) is 6.05. The van der Waals surface area contributed by atoms with E-state index in [1.165, 1.54) is 12.0 Å². The molecule has 0 fully saturated rings. The van der Waals surface area contributed by atoms with Gasteiger partial charge in [-0.05, 0) is 30.0 Å². The van der Waals surface area contributed by atoms with E-state index in [-0.39, 0.29) is 0 Å². The Morgan fingerprint density at radius 3 is 2.81 bits per heavy atom. The van der Waals surface area contributed by atoms with E-state index in [0.29, 0.717) is 0 Å². The first-order valence-electron chi connectivity index (χ1n) is 5.74. The van der Waals surface area contributed by atoms with Crippen molar-refractivity contribution in [1.82, 2.24) is 14.8 Å². The summed E-state index contributed by atoms with van der Waals surface area (Å²) in [7, 11) is 0. The van der Waals surface area contributed by atoms with Crippen molar-refractivity contribution in [2.45, 2.75) is 26.7 Å². The minimum atomic E-state index is 0.720. The fourth-order valence-electron chi connectivity index (χ4n) is 1.62. The third kappa shape index (κ3) is 2.48. The molecule has 1 unspecified atom stereocenters. The summed E-state index contributed by atoms with van der Waals surface area (Å²) in [5.74, 6) is 1.59. The molecule has 0 aliphatic carbocycles. The minimum absolute atomic E-state index is 0.720. The van der Waals surface area contributed by atoms with Gasteiger partial charge in [-0.3, -0.25) is 0 Å². The van der Waals surface area contributed by atoms with Crippen LogP contribution in [-0.2, 0) is 6.42 Å². The van der Waals surface area contributed by atoms with E-state index in [1.807, 2.05) is 24.5 Å². The fraction of sp³-hybridized carbons (Fsp3) is 0.385. The van der Waals surface area contributed by atoms with Gasteiger partial charge >= 0.3 is 0 Å². The molecule has 0 spiro atoms. The van der Waals surface area contributed by atoms with Crippen molar-refractivity contribution in [3.8, 4) is 5.82 Å². The molecule has 3 heteroatoms. The first kappa shape index (κ1) is 10.9. The van der Waals surface area contributed by atoms with Crippen LogP contribution in [0, 0.1) is 5.92 Å². The number of aromatic nitrogens is 3. The molecule has 0 aliphatic rings. The van der Waals surface area contributed by atoms with E-state index in [9.17, 15) is 0 Å². The predicted molar refractivity (Wildman–Crippen MR) is 64.5 cm³/mol. The molecular weight excluding hydrogens is 198 g/mol. The predicted octanol–water partition coefficient (Wildman–Crippen LogP) is 2.86. The Labute approximate surface area is 96.1 Å². The average Bonchev–Trinajstić information content (AvgIpc) is 2.83. The maximum Gasteiger partial charge on any atom is 0.153 e. The van der Waals surface area contributed by atoms with Crippen molar-refractivity contribution in [2.24, 2.45) is 5.92 Å². The normalized spacial score (nSPS) is 12.6. The van der Waals surface area contributed by atoms with Gasteiger partial charge < -0.3 is 0 Å². The zero-order valence-corrected chi connectivity index (χ0v) is 9.80. The van der Waals surface area contributed by atoms with E-state index < -0.39 is 0 Å². The first-order valence-corrected chi connectivity index (χ1v) is 5.74. The van der Waals surface area contributed by atoms with Crippen LogP contribution in [0.5, 0.6) is 0 Å². The lowest BCUT2D eigenvalue weighted by molar-refractivity contribution is 0.559. The van der Waals surface area contributed by atoms with Crippen molar-refractivity contribution in [3.63, 3.8) is 0 Å². The molecule has 0 bridgehead atoms. The summed E-state index contributed by atoms with van der Waals surface area (Å²) >= 11 is 0. The highest BCUT2D eigenvalue weighted by Gasteiger charge is 2.02. The van der Waals surface area contributed by atoms with Gasteiger partial charge in [0.1, 0.15) is 0 Å². The molecule has 1 atom stereocenters. The van der Waals surface area contributed by atoms with E-state index >= 15 is 0 Å². The van der Waals surface area contributed by atoms with Gasteiger partial charge in [-0.15, -0.1) is 0 Å². The average molecular weight is 215 g/mol. The Balaban J connectivity index is 2.11.